The van der Waals surface area contributed by atoms with Gasteiger partial charge in [-0.15, -0.1) is 0 Å². The average Bonchev–Trinajstić information content (AvgIpc) is 2.85. The predicted molar refractivity (Wildman–Crippen MR) is 152 cm³/mol. The van der Waals surface area contributed by atoms with Gasteiger partial charge in [0.1, 0.15) is 0 Å². The summed E-state index contributed by atoms with van der Waals surface area (Å²) in [6.45, 7) is 5.25. The molecule has 0 bridgehead atoms. The second kappa shape index (κ2) is 27.7. The standard InChI is InChI=1S/C30H63FO2Si/c1-4-5-6-7-8-9-10-11-12-13-14-15-17-20-23-26-29-33-34(3,32-2)30-27-24-21-18-16-19-22-25-28-31/h4-30H2,1-3H3. The van der Waals surface area contributed by atoms with Crippen molar-refractivity contribution < 1.29 is 13.2 Å². The van der Waals surface area contributed by atoms with Gasteiger partial charge in [-0.25, -0.2) is 0 Å². The highest BCUT2D eigenvalue weighted by atomic mass is 28.4. The Morgan fingerprint density at radius 2 is 0.853 bits per heavy atom. The van der Waals surface area contributed by atoms with Crippen LogP contribution in [0.15, 0.2) is 0 Å². The van der Waals surface area contributed by atoms with Crippen LogP contribution in [0, 0.1) is 0 Å². The van der Waals surface area contributed by atoms with Gasteiger partial charge in [-0.05, 0) is 25.4 Å². The van der Waals surface area contributed by atoms with Gasteiger partial charge in [0, 0.05) is 13.7 Å². The molecule has 4 heteroatoms. The first kappa shape index (κ1) is 34.1. The second-order valence-corrected chi connectivity index (χ2v) is 14.2. The van der Waals surface area contributed by atoms with Crippen LogP contribution in [-0.2, 0) is 8.85 Å². The van der Waals surface area contributed by atoms with Crippen LogP contribution < -0.4 is 0 Å². The first-order valence-electron chi connectivity index (χ1n) is 15.4. The van der Waals surface area contributed by atoms with Crippen LogP contribution in [0.4, 0.5) is 4.39 Å². The smallest absolute Gasteiger partial charge is 0.334 e. The van der Waals surface area contributed by atoms with E-state index in [9.17, 15) is 4.39 Å². The van der Waals surface area contributed by atoms with E-state index in [1.165, 1.54) is 141 Å². The van der Waals surface area contributed by atoms with Crippen molar-refractivity contribution in [2.45, 2.75) is 174 Å². The van der Waals surface area contributed by atoms with E-state index in [-0.39, 0.29) is 6.67 Å². The van der Waals surface area contributed by atoms with Gasteiger partial charge >= 0.3 is 8.56 Å². The van der Waals surface area contributed by atoms with E-state index in [0.717, 1.165) is 25.5 Å². The van der Waals surface area contributed by atoms with Crippen LogP contribution in [0.1, 0.15) is 161 Å². The molecule has 0 aliphatic heterocycles. The monoisotopic (exact) mass is 502 g/mol. The zero-order chi connectivity index (χ0) is 25.0. The summed E-state index contributed by atoms with van der Waals surface area (Å²) in [5.41, 5.74) is 0. The Morgan fingerprint density at radius 1 is 0.500 bits per heavy atom. The third-order valence-electron chi connectivity index (χ3n) is 7.35. The molecule has 0 aliphatic carbocycles. The van der Waals surface area contributed by atoms with E-state index < -0.39 is 8.56 Å². The molecule has 0 saturated heterocycles. The van der Waals surface area contributed by atoms with Crippen molar-refractivity contribution in [2.24, 2.45) is 0 Å². The van der Waals surface area contributed by atoms with Gasteiger partial charge in [-0.3, -0.25) is 4.39 Å². The largest absolute Gasteiger partial charge is 0.398 e. The van der Waals surface area contributed by atoms with Gasteiger partial charge in [-0.1, -0.05) is 148 Å². The van der Waals surface area contributed by atoms with Crippen molar-refractivity contribution in [2.75, 3.05) is 20.4 Å². The highest BCUT2D eigenvalue weighted by molar-refractivity contribution is 6.65. The Bertz CT molecular complexity index is 383. The number of hydrogen-bond donors (Lipinski definition) is 0. The third-order valence-corrected chi connectivity index (χ3v) is 10.3. The summed E-state index contributed by atoms with van der Waals surface area (Å²) in [7, 11) is -0.122. The molecule has 0 aliphatic rings. The highest BCUT2D eigenvalue weighted by Gasteiger charge is 2.29. The summed E-state index contributed by atoms with van der Waals surface area (Å²) in [4.78, 5) is 0. The third kappa shape index (κ3) is 25.2. The van der Waals surface area contributed by atoms with Crippen molar-refractivity contribution in [3.05, 3.63) is 0 Å². The molecule has 206 valence electrons. The lowest BCUT2D eigenvalue weighted by Gasteiger charge is -2.25. The molecule has 0 aromatic rings. The van der Waals surface area contributed by atoms with Crippen molar-refractivity contribution in [1.82, 2.24) is 0 Å². The molecule has 0 aromatic carbocycles. The molecule has 0 saturated carbocycles. The van der Waals surface area contributed by atoms with Gasteiger partial charge in [0.15, 0.2) is 0 Å². The van der Waals surface area contributed by atoms with Crippen LogP contribution in [-0.4, -0.2) is 29.0 Å². The minimum Gasteiger partial charge on any atom is -0.398 e. The number of halogens is 1. The van der Waals surface area contributed by atoms with Gasteiger partial charge < -0.3 is 8.85 Å². The molecule has 1 atom stereocenters. The minimum absolute atomic E-state index is 0.153. The maximum absolute atomic E-state index is 12.1. The molecule has 0 rings (SSSR count). The molecule has 1 unspecified atom stereocenters. The molecular formula is C30H63FO2Si. The maximum atomic E-state index is 12.1. The fourth-order valence-corrected chi connectivity index (χ4v) is 6.71. The molecule has 0 amide bonds. The quantitative estimate of drug-likeness (QED) is 0.0747. The van der Waals surface area contributed by atoms with Gasteiger partial charge in [-0.2, -0.15) is 0 Å². The Morgan fingerprint density at radius 3 is 1.24 bits per heavy atom. The Labute approximate surface area is 215 Å². The Kier molecular flexibility index (Phi) is 27.7. The zero-order valence-corrected chi connectivity index (χ0v) is 24.8. The molecule has 2 nitrogen and oxygen atoms in total. The summed E-state index contributed by atoms with van der Waals surface area (Å²) in [5.74, 6) is 0. The molecular weight excluding hydrogens is 439 g/mol. The molecule has 0 heterocycles. The normalized spacial score (nSPS) is 13.4. The summed E-state index contributed by atoms with van der Waals surface area (Å²) in [6.07, 6.45) is 31.8. The SMILES string of the molecule is CCCCCCCCCCCCCCCCCCO[Si](C)(CCCCCCCCCCF)OC. The fourth-order valence-electron chi connectivity index (χ4n) is 4.77. The van der Waals surface area contributed by atoms with Crippen LogP contribution in [0.5, 0.6) is 0 Å². The number of alkyl halides is 1. The van der Waals surface area contributed by atoms with E-state index in [0.29, 0.717) is 0 Å². The minimum atomic E-state index is -1.96. The first-order chi connectivity index (χ1) is 16.7. The highest BCUT2D eigenvalue weighted by Crippen LogP contribution is 2.20. The molecule has 0 aromatic heterocycles. The van der Waals surface area contributed by atoms with Crippen LogP contribution in [0.25, 0.3) is 0 Å². The van der Waals surface area contributed by atoms with E-state index in [2.05, 4.69) is 13.5 Å². The summed E-state index contributed by atoms with van der Waals surface area (Å²) >= 11 is 0. The van der Waals surface area contributed by atoms with E-state index in [4.69, 9.17) is 8.85 Å². The van der Waals surface area contributed by atoms with Gasteiger partial charge in [0.05, 0.1) is 6.67 Å². The molecule has 0 fully saturated rings. The topological polar surface area (TPSA) is 18.5 Å². The summed E-state index contributed by atoms with van der Waals surface area (Å²) in [5, 5.41) is 0. The van der Waals surface area contributed by atoms with Crippen LogP contribution >= 0.6 is 0 Å². The number of unbranched alkanes of at least 4 members (excludes halogenated alkanes) is 22. The van der Waals surface area contributed by atoms with Crippen molar-refractivity contribution >= 4 is 8.56 Å². The van der Waals surface area contributed by atoms with Crippen molar-refractivity contribution in [1.29, 1.82) is 0 Å². The lowest BCUT2D eigenvalue weighted by atomic mass is 10.0. The molecule has 0 spiro atoms. The first-order valence-corrected chi connectivity index (χ1v) is 18.0. The number of hydrogen-bond acceptors (Lipinski definition) is 2. The summed E-state index contributed by atoms with van der Waals surface area (Å²) in [6, 6.07) is 1.12. The summed E-state index contributed by atoms with van der Waals surface area (Å²) < 4.78 is 24.1. The lowest BCUT2D eigenvalue weighted by molar-refractivity contribution is 0.198. The van der Waals surface area contributed by atoms with Gasteiger partial charge in [0.25, 0.3) is 0 Å². The lowest BCUT2D eigenvalue weighted by Crippen LogP contribution is -2.37. The van der Waals surface area contributed by atoms with E-state index in [1.807, 2.05) is 7.11 Å². The average molecular weight is 503 g/mol. The second-order valence-electron chi connectivity index (χ2n) is 10.8. The number of rotatable bonds is 29. The Balaban J connectivity index is 3.38. The van der Waals surface area contributed by atoms with Crippen molar-refractivity contribution in [3.63, 3.8) is 0 Å². The Hall–Kier alpha value is 0.0669. The fraction of sp³-hybridized carbons (Fsp3) is 1.00. The van der Waals surface area contributed by atoms with Crippen molar-refractivity contribution in [3.8, 4) is 0 Å². The van der Waals surface area contributed by atoms with Crippen LogP contribution in [0.2, 0.25) is 12.6 Å². The van der Waals surface area contributed by atoms with Gasteiger partial charge in [0.2, 0.25) is 0 Å². The maximum Gasteiger partial charge on any atom is 0.334 e. The molecule has 34 heavy (non-hydrogen) atoms. The van der Waals surface area contributed by atoms with E-state index in [1.54, 1.807) is 0 Å². The van der Waals surface area contributed by atoms with Crippen LogP contribution in [0.3, 0.4) is 0 Å². The molecule has 0 N–H and O–H groups in total. The van der Waals surface area contributed by atoms with E-state index >= 15 is 0 Å². The molecule has 0 radical (unpaired) electrons. The predicted octanol–water partition coefficient (Wildman–Crippen LogP) is 11.1. The zero-order valence-electron chi connectivity index (χ0n) is 23.8.